The second-order valence-electron chi connectivity index (χ2n) is 7.37. The van der Waals surface area contributed by atoms with Crippen molar-refractivity contribution in [2.24, 2.45) is 5.41 Å². The first-order valence-electron chi connectivity index (χ1n) is 9.67. The second kappa shape index (κ2) is 10.2. The maximum absolute atomic E-state index is 12.3. The molecule has 0 fully saturated rings. The summed E-state index contributed by atoms with van der Waals surface area (Å²) in [6.45, 7) is 9.56. The Hall–Kier alpha value is -2.70. The van der Waals surface area contributed by atoms with Crippen molar-refractivity contribution in [3.05, 3.63) is 70.8 Å². The number of rotatable bonds is 9. The topological polar surface area (TPSA) is 71.1 Å². The first-order chi connectivity index (χ1) is 13.8. The predicted octanol–water partition coefficient (Wildman–Crippen LogP) is 5.33. The van der Waals surface area contributed by atoms with Gasteiger partial charge in [0.25, 0.3) is 6.29 Å². The van der Waals surface area contributed by atoms with E-state index in [1.165, 1.54) is 0 Å². The molecule has 0 aromatic heterocycles. The fourth-order valence-corrected chi connectivity index (χ4v) is 2.65. The third-order valence-electron chi connectivity index (χ3n) is 5.11. The maximum atomic E-state index is 12.3. The summed E-state index contributed by atoms with van der Waals surface area (Å²) in [6, 6.07) is 13.9. The summed E-state index contributed by atoms with van der Waals surface area (Å²) in [7, 11) is 0. The Morgan fingerprint density at radius 3 is 1.59 bits per heavy atom. The van der Waals surface area contributed by atoms with Crippen LogP contribution in [-0.2, 0) is 19.6 Å². The predicted molar refractivity (Wildman–Crippen MR) is 108 cm³/mol. The smallest absolute Gasteiger partial charge is 0.290 e. The SMILES string of the molecule is CCC(C)(CC)C(OOC(=O)c1cccc(C)c1)OOC(=O)c1cccc(C)c1. The summed E-state index contributed by atoms with van der Waals surface area (Å²) < 4.78 is 0. The minimum absolute atomic E-state index is 0.357. The van der Waals surface area contributed by atoms with Gasteiger partial charge in [0.2, 0.25) is 0 Å². The molecule has 0 aliphatic rings. The van der Waals surface area contributed by atoms with Gasteiger partial charge in [0.1, 0.15) is 0 Å². The first kappa shape index (κ1) is 22.6. The normalized spacial score (nSPS) is 11.4. The summed E-state index contributed by atoms with van der Waals surface area (Å²) in [4.78, 5) is 45.2. The van der Waals surface area contributed by atoms with E-state index in [2.05, 4.69) is 0 Å². The average Bonchev–Trinajstić information content (AvgIpc) is 2.72. The highest BCUT2D eigenvalue weighted by atomic mass is 17.3. The summed E-state index contributed by atoms with van der Waals surface area (Å²) in [5, 5.41) is 0. The van der Waals surface area contributed by atoms with Crippen LogP contribution in [0.2, 0.25) is 0 Å². The number of carbonyl (C=O) groups is 2. The molecule has 0 unspecified atom stereocenters. The first-order valence-corrected chi connectivity index (χ1v) is 9.67. The number of aryl methyl sites for hydroxylation is 2. The van der Waals surface area contributed by atoms with Crippen LogP contribution in [0, 0.1) is 19.3 Å². The van der Waals surface area contributed by atoms with Crippen LogP contribution in [0.3, 0.4) is 0 Å². The molecular formula is C23H28O6. The lowest BCUT2D eigenvalue weighted by Gasteiger charge is -2.32. The lowest BCUT2D eigenvalue weighted by atomic mass is 9.84. The van der Waals surface area contributed by atoms with Gasteiger partial charge in [-0.2, -0.15) is 0 Å². The van der Waals surface area contributed by atoms with Crippen LogP contribution in [0.25, 0.3) is 0 Å². The highest BCUT2D eigenvalue weighted by Crippen LogP contribution is 2.33. The highest BCUT2D eigenvalue weighted by Gasteiger charge is 2.37. The van der Waals surface area contributed by atoms with Gasteiger partial charge in [-0.3, -0.25) is 9.78 Å². The molecule has 0 spiro atoms. The molecule has 0 bridgehead atoms. The van der Waals surface area contributed by atoms with Crippen molar-refractivity contribution in [1.82, 2.24) is 0 Å². The lowest BCUT2D eigenvalue weighted by molar-refractivity contribution is -0.445. The molecule has 0 radical (unpaired) electrons. The van der Waals surface area contributed by atoms with Crippen LogP contribution in [0.4, 0.5) is 0 Å². The minimum Gasteiger partial charge on any atom is -0.290 e. The van der Waals surface area contributed by atoms with E-state index in [-0.39, 0.29) is 0 Å². The molecule has 0 saturated heterocycles. The van der Waals surface area contributed by atoms with Crippen LogP contribution in [0.15, 0.2) is 48.5 Å². The van der Waals surface area contributed by atoms with Crippen LogP contribution < -0.4 is 0 Å². The van der Waals surface area contributed by atoms with Gasteiger partial charge in [-0.25, -0.2) is 9.59 Å². The molecule has 6 heteroatoms. The van der Waals surface area contributed by atoms with E-state index < -0.39 is 23.6 Å². The van der Waals surface area contributed by atoms with Crippen LogP contribution >= 0.6 is 0 Å². The second-order valence-corrected chi connectivity index (χ2v) is 7.37. The third kappa shape index (κ3) is 6.14. The molecule has 0 aliphatic carbocycles. The summed E-state index contributed by atoms with van der Waals surface area (Å²) in [5.74, 6) is -1.30. The van der Waals surface area contributed by atoms with Crippen molar-refractivity contribution < 1.29 is 29.1 Å². The van der Waals surface area contributed by atoms with Crippen molar-refractivity contribution in [2.45, 2.75) is 53.8 Å². The standard InChI is InChI=1S/C23H28O6/c1-6-23(5,7-2)22(28-26-20(24)18-12-8-10-16(3)14-18)29-27-21(25)19-13-9-11-17(4)15-19/h8-15,22H,6-7H2,1-5H3. The van der Waals surface area contributed by atoms with E-state index in [1.54, 1.807) is 36.4 Å². The Kier molecular flexibility index (Phi) is 7.93. The van der Waals surface area contributed by atoms with Gasteiger partial charge in [-0.05, 0) is 51.0 Å². The van der Waals surface area contributed by atoms with E-state index in [1.807, 2.05) is 46.8 Å². The number of hydrogen-bond donors (Lipinski definition) is 0. The molecule has 0 amide bonds. The van der Waals surface area contributed by atoms with Crippen molar-refractivity contribution >= 4 is 11.9 Å². The highest BCUT2D eigenvalue weighted by molar-refractivity contribution is 5.89. The Balaban J connectivity index is 2.07. The van der Waals surface area contributed by atoms with Crippen LogP contribution in [-0.4, -0.2) is 18.2 Å². The summed E-state index contributed by atoms with van der Waals surface area (Å²) in [5.41, 5.74) is 2.02. The Morgan fingerprint density at radius 1 is 0.828 bits per heavy atom. The molecule has 2 rings (SSSR count). The monoisotopic (exact) mass is 400 g/mol. The molecule has 29 heavy (non-hydrogen) atoms. The van der Waals surface area contributed by atoms with Crippen molar-refractivity contribution in [3.8, 4) is 0 Å². The molecule has 2 aromatic carbocycles. The molecule has 6 nitrogen and oxygen atoms in total. The van der Waals surface area contributed by atoms with Crippen molar-refractivity contribution in [3.63, 3.8) is 0 Å². The Morgan fingerprint density at radius 2 is 1.24 bits per heavy atom. The number of benzene rings is 2. The van der Waals surface area contributed by atoms with Crippen molar-refractivity contribution in [2.75, 3.05) is 0 Å². The zero-order valence-electron chi connectivity index (χ0n) is 17.6. The van der Waals surface area contributed by atoms with Crippen molar-refractivity contribution in [1.29, 1.82) is 0 Å². The molecule has 156 valence electrons. The van der Waals surface area contributed by atoms with Gasteiger partial charge in [0, 0.05) is 5.41 Å². The molecule has 0 N–H and O–H groups in total. The molecule has 0 heterocycles. The van der Waals surface area contributed by atoms with Gasteiger partial charge in [0.15, 0.2) is 0 Å². The number of carbonyl (C=O) groups excluding carboxylic acids is 2. The quantitative estimate of drug-likeness (QED) is 0.322. The van der Waals surface area contributed by atoms with E-state index in [0.717, 1.165) is 11.1 Å². The number of hydrogen-bond acceptors (Lipinski definition) is 6. The van der Waals surface area contributed by atoms with Gasteiger partial charge < -0.3 is 0 Å². The van der Waals surface area contributed by atoms with E-state index >= 15 is 0 Å². The van der Waals surface area contributed by atoms with Gasteiger partial charge in [-0.1, -0.05) is 56.2 Å². The lowest BCUT2D eigenvalue weighted by Crippen LogP contribution is -2.37. The maximum Gasteiger partial charge on any atom is 0.373 e. The van der Waals surface area contributed by atoms with Gasteiger partial charge in [0.05, 0.1) is 11.1 Å². The molecule has 2 aromatic rings. The van der Waals surface area contributed by atoms with Crippen LogP contribution in [0.1, 0.15) is 65.5 Å². The van der Waals surface area contributed by atoms with E-state index in [9.17, 15) is 9.59 Å². The van der Waals surface area contributed by atoms with E-state index in [4.69, 9.17) is 19.6 Å². The fraction of sp³-hybridized carbons (Fsp3) is 0.391. The zero-order valence-corrected chi connectivity index (χ0v) is 17.6. The largest absolute Gasteiger partial charge is 0.373 e. The minimum atomic E-state index is -1.08. The van der Waals surface area contributed by atoms with E-state index in [0.29, 0.717) is 24.0 Å². The zero-order chi connectivity index (χ0) is 21.4. The third-order valence-corrected chi connectivity index (χ3v) is 5.11. The summed E-state index contributed by atoms with van der Waals surface area (Å²) >= 11 is 0. The molecular weight excluding hydrogens is 372 g/mol. The van der Waals surface area contributed by atoms with Gasteiger partial charge >= 0.3 is 11.9 Å². The fourth-order valence-electron chi connectivity index (χ4n) is 2.65. The van der Waals surface area contributed by atoms with Crippen LogP contribution in [0.5, 0.6) is 0 Å². The van der Waals surface area contributed by atoms with Gasteiger partial charge in [-0.15, -0.1) is 9.78 Å². The average molecular weight is 400 g/mol. The Labute approximate surface area is 171 Å². The molecule has 0 atom stereocenters. The summed E-state index contributed by atoms with van der Waals surface area (Å²) in [6.07, 6.45) is 0.219. The molecule has 0 aliphatic heterocycles. The molecule has 0 saturated carbocycles. The Bertz CT molecular complexity index is 779.